The highest BCUT2D eigenvalue weighted by Crippen LogP contribution is 2.23. The molecular formula is C22H17FN2O2S. The average Bonchev–Trinajstić information content (AvgIpc) is 2.71. The van der Waals surface area contributed by atoms with Crippen molar-refractivity contribution in [1.82, 2.24) is 9.55 Å². The molecule has 6 heteroatoms. The first-order chi connectivity index (χ1) is 13.6. The molecule has 0 N–H and O–H groups in total. The van der Waals surface area contributed by atoms with E-state index in [-0.39, 0.29) is 22.7 Å². The van der Waals surface area contributed by atoms with Gasteiger partial charge in [-0.05, 0) is 42.0 Å². The van der Waals surface area contributed by atoms with Crippen molar-refractivity contribution in [1.29, 1.82) is 0 Å². The van der Waals surface area contributed by atoms with Gasteiger partial charge in [-0.15, -0.1) is 0 Å². The molecule has 0 saturated heterocycles. The maximum absolute atomic E-state index is 13.8. The van der Waals surface area contributed by atoms with Crippen molar-refractivity contribution in [3.63, 3.8) is 0 Å². The number of carbonyl (C=O) groups excluding carboxylic acids is 1. The van der Waals surface area contributed by atoms with Crippen molar-refractivity contribution in [3.8, 4) is 0 Å². The predicted octanol–water partition coefficient (Wildman–Crippen LogP) is 4.68. The van der Waals surface area contributed by atoms with Crippen molar-refractivity contribution in [2.45, 2.75) is 18.6 Å². The zero-order chi connectivity index (χ0) is 19.7. The third-order valence-corrected chi connectivity index (χ3v) is 5.59. The van der Waals surface area contributed by atoms with Crippen LogP contribution < -0.4 is 5.56 Å². The van der Waals surface area contributed by atoms with E-state index in [0.717, 1.165) is 22.5 Å². The predicted molar refractivity (Wildman–Crippen MR) is 111 cm³/mol. The normalized spacial score (nSPS) is 11.2. The number of rotatable bonds is 5. The van der Waals surface area contributed by atoms with Gasteiger partial charge < -0.3 is 0 Å². The highest BCUT2D eigenvalue weighted by Gasteiger charge is 2.15. The van der Waals surface area contributed by atoms with Crippen molar-refractivity contribution in [3.05, 3.63) is 82.4 Å². The molecule has 0 aliphatic heterocycles. The van der Waals surface area contributed by atoms with Gasteiger partial charge in [0.25, 0.3) is 5.56 Å². The van der Waals surface area contributed by atoms with Crippen LogP contribution in [0, 0.1) is 5.82 Å². The molecule has 0 unspecified atom stereocenters. The molecule has 0 radical (unpaired) electrons. The van der Waals surface area contributed by atoms with Crippen LogP contribution in [-0.4, -0.2) is 21.1 Å². The van der Waals surface area contributed by atoms with Crippen LogP contribution in [-0.2, 0) is 6.54 Å². The first-order valence-corrected chi connectivity index (χ1v) is 9.91. The molecule has 0 bridgehead atoms. The van der Waals surface area contributed by atoms with Gasteiger partial charge in [-0.25, -0.2) is 9.37 Å². The number of benzene rings is 3. The molecule has 4 aromatic rings. The highest BCUT2D eigenvalue weighted by molar-refractivity contribution is 7.99. The summed E-state index contributed by atoms with van der Waals surface area (Å²) in [5.41, 5.74) is 0.500. The summed E-state index contributed by atoms with van der Waals surface area (Å²) < 4.78 is 15.4. The summed E-state index contributed by atoms with van der Waals surface area (Å²) in [6.45, 7) is 2.30. The van der Waals surface area contributed by atoms with Gasteiger partial charge in [-0.2, -0.15) is 0 Å². The van der Waals surface area contributed by atoms with Crippen LogP contribution in [0.15, 0.2) is 70.6 Å². The molecule has 0 aliphatic carbocycles. The third kappa shape index (κ3) is 3.31. The van der Waals surface area contributed by atoms with Crippen LogP contribution in [0.4, 0.5) is 4.39 Å². The Morgan fingerprint density at radius 3 is 2.46 bits per heavy atom. The van der Waals surface area contributed by atoms with E-state index >= 15 is 0 Å². The zero-order valence-electron chi connectivity index (χ0n) is 15.2. The maximum Gasteiger partial charge on any atom is 0.262 e. The minimum Gasteiger partial charge on any atom is -0.293 e. The largest absolute Gasteiger partial charge is 0.293 e. The van der Waals surface area contributed by atoms with Gasteiger partial charge in [-0.3, -0.25) is 14.2 Å². The molecule has 3 aromatic carbocycles. The highest BCUT2D eigenvalue weighted by atomic mass is 32.2. The van der Waals surface area contributed by atoms with E-state index in [1.54, 1.807) is 16.7 Å². The number of hydrogen-bond donors (Lipinski definition) is 0. The minimum absolute atomic E-state index is 0.00641. The number of nitrogens with zero attached hydrogens (tertiary/aromatic N) is 2. The first-order valence-electron chi connectivity index (χ1n) is 8.92. The molecule has 4 nitrogen and oxygen atoms in total. The molecule has 0 spiro atoms. The smallest absolute Gasteiger partial charge is 0.262 e. The SMILES string of the molecule is CCn1c(SCC(=O)c2ccccc2F)nc2cc3ccccc3cc2c1=O. The Morgan fingerprint density at radius 2 is 1.75 bits per heavy atom. The van der Waals surface area contributed by atoms with Gasteiger partial charge >= 0.3 is 0 Å². The van der Waals surface area contributed by atoms with Crippen molar-refractivity contribution in [2.75, 3.05) is 5.75 Å². The van der Waals surface area contributed by atoms with E-state index in [9.17, 15) is 14.0 Å². The number of Topliss-reactive ketones (excluding diaryl/α,β-unsaturated/α-hetero) is 1. The minimum atomic E-state index is -0.543. The second-order valence-corrected chi connectivity index (χ2v) is 7.29. The lowest BCUT2D eigenvalue weighted by molar-refractivity contribution is 0.101. The summed E-state index contributed by atoms with van der Waals surface area (Å²) in [5, 5.41) is 2.98. The van der Waals surface area contributed by atoms with E-state index in [2.05, 4.69) is 4.98 Å². The van der Waals surface area contributed by atoms with E-state index < -0.39 is 5.82 Å². The quantitative estimate of drug-likeness (QED) is 0.214. The monoisotopic (exact) mass is 392 g/mol. The van der Waals surface area contributed by atoms with Gasteiger partial charge in [-0.1, -0.05) is 48.2 Å². The van der Waals surface area contributed by atoms with E-state index in [4.69, 9.17) is 0 Å². The Hall–Kier alpha value is -2.99. The molecule has 0 aliphatic rings. The standard InChI is InChI=1S/C22H17FN2O2S/c1-2-25-21(27)17-11-14-7-3-4-8-15(14)12-19(17)24-22(25)28-13-20(26)16-9-5-6-10-18(16)23/h3-12H,2,13H2,1H3. The van der Waals surface area contributed by atoms with Crippen LogP contribution in [0.25, 0.3) is 21.7 Å². The number of thioether (sulfide) groups is 1. The van der Waals surface area contributed by atoms with Crippen molar-refractivity contribution in [2.24, 2.45) is 0 Å². The Bertz CT molecular complexity index is 1270. The molecule has 1 aromatic heterocycles. The lowest BCUT2D eigenvalue weighted by atomic mass is 10.1. The number of hydrogen-bond acceptors (Lipinski definition) is 4. The van der Waals surface area contributed by atoms with E-state index in [0.29, 0.717) is 22.6 Å². The summed E-state index contributed by atoms with van der Waals surface area (Å²) in [4.78, 5) is 30.0. The van der Waals surface area contributed by atoms with Gasteiger partial charge in [0, 0.05) is 6.54 Å². The number of ketones is 1. The van der Waals surface area contributed by atoms with Gasteiger partial charge in [0.1, 0.15) is 5.82 Å². The average molecular weight is 392 g/mol. The first kappa shape index (κ1) is 18.4. The second-order valence-electron chi connectivity index (χ2n) is 6.35. The fourth-order valence-corrected chi connectivity index (χ4v) is 4.12. The van der Waals surface area contributed by atoms with Crippen LogP contribution in [0.2, 0.25) is 0 Å². The van der Waals surface area contributed by atoms with Crippen LogP contribution >= 0.6 is 11.8 Å². The summed E-state index contributed by atoms with van der Waals surface area (Å²) in [6, 6.07) is 17.4. The molecule has 28 heavy (non-hydrogen) atoms. The number of carbonyl (C=O) groups is 1. The fraction of sp³-hybridized carbons (Fsp3) is 0.136. The molecule has 0 atom stereocenters. The van der Waals surface area contributed by atoms with Crippen molar-refractivity contribution < 1.29 is 9.18 Å². The summed E-state index contributed by atoms with van der Waals surface area (Å²) in [5.74, 6) is -0.871. The molecule has 0 saturated carbocycles. The Labute approximate surface area is 165 Å². The van der Waals surface area contributed by atoms with Gasteiger partial charge in [0.05, 0.1) is 22.2 Å². The van der Waals surface area contributed by atoms with Gasteiger partial charge in [0.15, 0.2) is 10.9 Å². The molecule has 0 amide bonds. The third-order valence-electron chi connectivity index (χ3n) is 4.61. The van der Waals surface area contributed by atoms with E-state index in [1.807, 2.05) is 43.3 Å². The molecular weight excluding hydrogens is 375 g/mol. The Morgan fingerprint density at radius 1 is 1.07 bits per heavy atom. The van der Waals surface area contributed by atoms with E-state index in [1.165, 1.54) is 12.1 Å². The number of halogens is 1. The molecule has 1 heterocycles. The number of aromatic nitrogens is 2. The lowest BCUT2D eigenvalue weighted by Crippen LogP contribution is -2.23. The Kier molecular flexibility index (Phi) is 4.96. The fourth-order valence-electron chi connectivity index (χ4n) is 3.17. The van der Waals surface area contributed by atoms with Crippen LogP contribution in [0.5, 0.6) is 0 Å². The maximum atomic E-state index is 13.8. The van der Waals surface area contributed by atoms with Gasteiger partial charge in [0.2, 0.25) is 0 Å². The molecule has 140 valence electrons. The molecule has 0 fully saturated rings. The van der Waals surface area contributed by atoms with Crippen LogP contribution in [0.3, 0.4) is 0 Å². The van der Waals surface area contributed by atoms with Crippen molar-refractivity contribution >= 4 is 39.2 Å². The summed E-state index contributed by atoms with van der Waals surface area (Å²) in [7, 11) is 0. The number of fused-ring (bicyclic) bond motifs is 2. The Balaban J connectivity index is 1.74. The lowest BCUT2D eigenvalue weighted by Gasteiger charge is -2.12. The summed E-state index contributed by atoms with van der Waals surface area (Å²) >= 11 is 1.15. The zero-order valence-corrected chi connectivity index (χ0v) is 16.0. The second kappa shape index (κ2) is 7.56. The summed E-state index contributed by atoms with van der Waals surface area (Å²) in [6.07, 6.45) is 0. The van der Waals surface area contributed by atoms with Crippen LogP contribution in [0.1, 0.15) is 17.3 Å². The molecule has 4 rings (SSSR count). The topological polar surface area (TPSA) is 52.0 Å².